The van der Waals surface area contributed by atoms with E-state index in [2.05, 4.69) is 38.2 Å². The summed E-state index contributed by atoms with van der Waals surface area (Å²) in [5, 5.41) is 3.54. The Morgan fingerprint density at radius 2 is 1.94 bits per heavy atom. The number of hydrogen-bond acceptors (Lipinski definition) is 2. The van der Waals surface area contributed by atoms with Crippen LogP contribution in [0.5, 0.6) is 5.75 Å². The molecule has 1 aromatic carbocycles. The van der Waals surface area contributed by atoms with Crippen LogP contribution in [0.1, 0.15) is 38.8 Å². The number of nitrogens with one attached hydrogen (secondary N) is 1. The second-order valence-electron chi connectivity index (χ2n) is 4.39. The van der Waals surface area contributed by atoms with Crippen LogP contribution in [0.4, 0.5) is 0 Å². The first-order chi connectivity index (χ1) is 7.69. The van der Waals surface area contributed by atoms with Gasteiger partial charge in [-0.25, -0.2) is 0 Å². The molecule has 0 heterocycles. The highest BCUT2D eigenvalue weighted by Crippen LogP contribution is 2.24. The zero-order valence-electron chi connectivity index (χ0n) is 10.8. The molecule has 1 aromatic rings. The van der Waals surface area contributed by atoms with Gasteiger partial charge in [0.2, 0.25) is 0 Å². The lowest BCUT2D eigenvalue weighted by atomic mass is 10.1. The van der Waals surface area contributed by atoms with E-state index in [1.165, 1.54) is 12.0 Å². The van der Waals surface area contributed by atoms with E-state index in [1.54, 1.807) is 7.11 Å². The largest absolute Gasteiger partial charge is 0.496 e. The van der Waals surface area contributed by atoms with Gasteiger partial charge in [0, 0.05) is 11.6 Å². The summed E-state index contributed by atoms with van der Waals surface area (Å²) in [6, 6.07) is 8.53. The normalized spacial score (nSPS) is 14.5. The van der Waals surface area contributed by atoms with Gasteiger partial charge in [0.1, 0.15) is 5.75 Å². The number of methoxy groups -OCH3 is 1. The molecule has 0 radical (unpaired) electrons. The van der Waals surface area contributed by atoms with Gasteiger partial charge in [-0.05, 0) is 25.5 Å². The zero-order chi connectivity index (χ0) is 12.0. The third-order valence-electron chi connectivity index (χ3n) is 3.07. The van der Waals surface area contributed by atoms with Gasteiger partial charge in [0.25, 0.3) is 0 Å². The van der Waals surface area contributed by atoms with E-state index in [1.807, 2.05) is 12.1 Å². The van der Waals surface area contributed by atoms with Gasteiger partial charge in [0.15, 0.2) is 0 Å². The molecule has 0 amide bonds. The maximum absolute atomic E-state index is 5.36. The summed E-state index contributed by atoms with van der Waals surface area (Å²) in [6.45, 7) is 7.72. The number of benzene rings is 1. The van der Waals surface area contributed by atoms with Crippen LogP contribution >= 0.6 is 0 Å². The number of ether oxygens (including phenoxy) is 1. The monoisotopic (exact) mass is 221 g/mol. The molecule has 1 N–H and O–H groups in total. The number of hydrogen-bond donors (Lipinski definition) is 1. The maximum Gasteiger partial charge on any atom is 0.123 e. The minimum atomic E-state index is 0.338. The summed E-state index contributed by atoms with van der Waals surface area (Å²) in [5.41, 5.74) is 1.23. The van der Waals surface area contributed by atoms with Gasteiger partial charge in [-0.15, -0.1) is 0 Å². The lowest BCUT2D eigenvalue weighted by Crippen LogP contribution is -2.24. The molecule has 90 valence electrons. The van der Waals surface area contributed by atoms with Crippen LogP contribution in [0, 0.1) is 5.92 Å². The molecule has 0 aliphatic rings. The Hall–Kier alpha value is -1.02. The smallest absolute Gasteiger partial charge is 0.123 e. The van der Waals surface area contributed by atoms with Crippen molar-refractivity contribution in [2.24, 2.45) is 5.92 Å². The van der Waals surface area contributed by atoms with E-state index in [0.717, 1.165) is 18.2 Å². The van der Waals surface area contributed by atoms with E-state index >= 15 is 0 Å². The molecule has 0 aliphatic carbocycles. The van der Waals surface area contributed by atoms with Crippen molar-refractivity contribution in [2.45, 2.75) is 33.2 Å². The molecule has 0 spiro atoms. The fraction of sp³-hybridized carbons (Fsp3) is 0.571. The maximum atomic E-state index is 5.36. The van der Waals surface area contributed by atoms with Crippen LogP contribution in [0.2, 0.25) is 0 Å². The van der Waals surface area contributed by atoms with Crippen molar-refractivity contribution < 1.29 is 4.74 Å². The molecule has 0 aliphatic heterocycles. The standard InChI is InChI=1S/C14H23NO/c1-5-11(2)10-15-12(3)13-8-6-7-9-14(13)16-4/h6-9,11-12,15H,5,10H2,1-4H3/t11?,12-/m0/s1. The lowest BCUT2D eigenvalue weighted by molar-refractivity contribution is 0.396. The predicted molar refractivity (Wildman–Crippen MR) is 68.9 cm³/mol. The molecule has 0 fully saturated rings. The molecular formula is C14H23NO. The molecular weight excluding hydrogens is 198 g/mol. The highest BCUT2D eigenvalue weighted by Gasteiger charge is 2.10. The van der Waals surface area contributed by atoms with Gasteiger partial charge in [-0.1, -0.05) is 38.5 Å². The summed E-state index contributed by atoms with van der Waals surface area (Å²) >= 11 is 0. The first kappa shape index (κ1) is 13.0. The number of rotatable bonds is 6. The third-order valence-corrected chi connectivity index (χ3v) is 3.07. The zero-order valence-corrected chi connectivity index (χ0v) is 10.8. The predicted octanol–water partition coefficient (Wildman–Crippen LogP) is 3.39. The molecule has 1 unspecified atom stereocenters. The molecule has 0 saturated heterocycles. The minimum absolute atomic E-state index is 0.338. The SMILES string of the molecule is CCC(C)CN[C@@H](C)c1ccccc1OC. The van der Waals surface area contributed by atoms with Crippen LogP contribution in [0.25, 0.3) is 0 Å². The molecule has 0 aromatic heterocycles. The Labute approximate surface area is 99.0 Å². The fourth-order valence-corrected chi connectivity index (χ4v) is 1.66. The van der Waals surface area contributed by atoms with Crippen molar-refractivity contribution in [2.75, 3.05) is 13.7 Å². The summed E-state index contributed by atoms with van der Waals surface area (Å²) in [5.74, 6) is 1.68. The third kappa shape index (κ3) is 3.53. The van der Waals surface area contributed by atoms with E-state index in [4.69, 9.17) is 4.74 Å². The fourth-order valence-electron chi connectivity index (χ4n) is 1.66. The Morgan fingerprint density at radius 1 is 1.25 bits per heavy atom. The first-order valence-corrected chi connectivity index (χ1v) is 6.05. The molecule has 1 rings (SSSR count). The van der Waals surface area contributed by atoms with Crippen LogP contribution < -0.4 is 10.1 Å². The van der Waals surface area contributed by atoms with E-state index in [0.29, 0.717) is 6.04 Å². The summed E-state index contributed by atoms with van der Waals surface area (Å²) in [7, 11) is 1.72. The van der Waals surface area contributed by atoms with Crippen LogP contribution in [-0.2, 0) is 0 Å². The molecule has 2 heteroatoms. The van der Waals surface area contributed by atoms with Crippen LogP contribution in [0.3, 0.4) is 0 Å². The first-order valence-electron chi connectivity index (χ1n) is 6.05. The van der Waals surface area contributed by atoms with Crippen molar-refractivity contribution in [1.82, 2.24) is 5.32 Å². The van der Waals surface area contributed by atoms with Crippen molar-refractivity contribution >= 4 is 0 Å². The molecule has 16 heavy (non-hydrogen) atoms. The quantitative estimate of drug-likeness (QED) is 0.795. The van der Waals surface area contributed by atoms with Gasteiger partial charge >= 0.3 is 0 Å². The Bertz CT molecular complexity index is 311. The van der Waals surface area contributed by atoms with Crippen molar-refractivity contribution in [3.63, 3.8) is 0 Å². The van der Waals surface area contributed by atoms with Crippen molar-refractivity contribution in [3.05, 3.63) is 29.8 Å². The molecule has 2 atom stereocenters. The lowest BCUT2D eigenvalue weighted by Gasteiger charge is -2.19. The van der Waals surface area contributed by atoms with Gasteiger partial charge in [0.05, 0.1) is 7.11 Å². The minimum Gasteiger partial charge on any atom is -0.496 e. The highest BCUT2D eigenvalue weighted by atomic mass is 16.5. The van der Waals surface area contributed by atoms with E-state index in [-0.39, 0.29) is 0 Å². The molecule has 0 bridgehead atoms. The topological polar surface area (TPSA) is 21.3 Å². The van der Waals surface area contributed by atoms with Gasteiger partial charge in [-0.2, -0.15) is 0 Å². The average Bonchev–Trinajstić information content (AvgIpc) is 2.35. The Kier molecular flexibility index (Phi) is 5.33. The van der Waals surface area contributed by atoms with E-state index in [9.17, 15) is 0 Å². The van der Waals surface area contributed by atoms with Crippen molar-refractivity contribution in [3.8, 4) is 5.75 Å². The van der Waals surface area contributed by atoms with Gasteiger partial charge < -0.3 is 10.1 Å². The van der Waals surface area contributed by atoms with Crippen LogP contribution in [-0.4, -0.2) is 13.7 Å². The van der Waals surface area contributed by atoms with Gasteiger partial charge in [-0.3, -0.25) is 0 Å². The average molecular weight is 221 g/mol. The van der Waals surface area contributed by atoms with Crippen LogP contribution in [0.15, 0.2) is 24.3 Å². The second kappa shape index (κ2) is 6.54. The molecule has 2 nitrogen and oxygen atoms in total. The highest BCUT2D eigenvalue weighted by molar-refractivity contribution is 5.35. The Balaban J connectivity index is 2.61. The Morgan fingerprint density at radius 3 is 2.56 bits per heavy atom. The van der Waals surface area contributed by atoms with Crippen molar-refractivity contribution in [1.29, 1.82) is 0 Å². The number of para-hydroxylation sites is 1. The second-order valence-corrected chi connectivity index (χ2v) is 4.39. The summed E-state index contributed by atoms with van der Waals surface area (Å²) in [6.07, 6.45) is 1.21. The van der Waals surface area contributed by atoms with E-state index < -0.39 is 0 Å². The molecule has 0 saturated carbocycles. The summed E-state index contributed by atoms with van der Waals surface area (Å²) in [4.78, 5) is 0. The summed E-state index contributed by atoms with van der Waals surface area (Å²) < 4.78 is 5.36.